The third-order valence-electron chi connectivity index (χ3n) is 1.83. The van der Waals surface area contributed by atoms with E-state index >= 15 is 0 Å². The van der Waals surface area contributed by atoms with Crippen LogP contribution in [0.4, 0.5) is 22.0 Å². The molecule has 1 aromatic rings. The van der Waals surface area contributed by atoms with Crippen molar-refractivity contribution >= 4 is 6.08 Å². The molecule has 16 heavy (non-hydrogen) atoms. The van der Waals surface area contributed by atoms with Crippen molar-refractivity contribution < 1.29 is 22.0 Å². The summed E-state index contributed by atoms with van der Waals surface area (Å²) in [5, 5.41) is 0. The van der Waals surface area contributed by atoms with Crippen LogP contribution in [0.1, 0.15) is 12.0 Å². The van der Waals surface area contributed by atoms with E-state index in [2.05, 4.69) is 6.58 Å². The van der Waals surface area contributed by atoms with Gasteiger partial charge >= 0.3 is 0 Å². The van der Waals surface area contributed by atoms with Crippen LogP contribution in [0, 0.1) is 29.1 Å². The Labute approximate surface area is 88.7 Å². The number of allylic oxidation sites excluding steroid dienone is 2. The first-order chi connectivity index (χ1) is 7.50. The van der Waals surface area contributed by atoms with Gasteiger partial charge in [-0.25, -0.2) is 22.0 Å². The fourth-order valence-electron chi connectivity index (χ4n) is 1.05. The molecule has 0 aromatic heterocycles. The van der Waals surface area contributed by atoms with Crippen molar-refractivity contribution in [3.63, 3.8) is 0 Å². The van der Waals surface area contributed by atoms with Crippen LogP contribution in [0.3, 0.4) is 0 Å². The molecule has 0 radical (unpaired) electrons. The first-order valence-corrected chi connectivity index (χ1v) is 4.29. The number of hydrogen-bond donors (Lipinski definition) is 0. The van der Waals surface area contributed by atoms with E-state index in [0.717, 1.165) is 6.08 Å². The van der Waals surface area contributed by atoms with E-state index in [1.807, 2.05) is 0 Å². The fourth-order valence-corrected chi connectivity index (χ4v) is 1.05. The van der Waals surface area contributed by atoms with Gasteiger partial charge in [-0.2, -0.15) is 0 Å². The normalized spacial score (nSPS) is 11.1. The summed E-state index contributed by atoms with van der Waals surface area (Å²) in [6.45, 7) is 3.34. The van der Waals surface area contributed by atoms with Gasteiger partial charge in [0.15, 0.2) is 23.3 Å². The molecule has 0 amide bonds. The summed E-state index contributed by atoms with van der Waals surface area (Å²) in [6, 6.07) is 0. The smallest absolute Gasteiger partial charge is 0.200 e. The second-order valence-electron chi connectivity index (χ2n) is 2.91. The molecule has 0 bridgehead atoms. The van der Waals surface area contributed by atoms with E-state index in [9.17, 15) is 22.0 Å². The Balaban J connectivity index is 3.34. The molecule has 0 aliphatic heterocycles. The van der Waals surface area contributed by atoms with Gasteiger partial charge in [-0.3, -0.25) is 0 Å². The molecule has 0 saturated carbocycles. The Hall–Kier alpha value is -1.65. The third kappa shape index (κ3) is 2.13. The zero-order valence-electron chi connectivity index (χ0n) is 8.04. The summed E-state index contributed by atoms with van der Waals surface area (Å²) in [5.74, 6) is -9.72. The van der Waals surface area contributed by atoms with Gasteiger partial charge in [0.25, 0.3) is 0 Å². The third-order valence-corrected chi connectivity index (χ3v) is 1.83. The lowest BCUT2D eigenvalue weighted by Gasteiger charge is -2.03. The van der Waals surface area contributed by atoms with Crippen molar-refractivity contribution in [2.75, 3.05) is 0 Å². The van der Waals surface area contributed by atoms with Crippen LogP contribution >= 0.6 is 0 Å². The fraction of sp³-hybridized carbons (Fsp3) is 0.0909. The maximum Gasteiger partial charge on any atom is 0.200 e. The minimum atomic E-state index is -2.16. The van der Waals surface area contributed by atoms with Gasteiger partial charge in [-0.15, -0.1) is 6.58 Å². The zero-order chi connectivity index (χ0) is 12.3. The highest BCUT2D eigenvalue weighted by Crippen LogP contribution is 2.23. The zero-order valence-corrected chi connectivity index (χ0v) is 8.04. The van der Waals surface area contributed by atoms with Gasteiger partial charge in [-0.1, -0.05) is 18.2 Å². The van der Waals surface area contributed by atoms with Crippen LogP contribution in [0.25, 0.3) is 6.08 Å². The van der Waals surface area contributed by atoms with Crippen molar-refractivity contribution in [1.82, 2.24) is 0 Å². The predicted octanol–water partition coefficient (Wildman–Crippen LogP) is 3.97. The molecule has 1 rings (SSSR count). The van der Waals surface area contributed by atoms with Crippen LogP contribution in [0.2, 0.25) is 0 Å². The summed E-state index contributed by atoms with van der Waals surface area (Å²) in [5.41, 5.74) is -0.946. The largest absolute Gasteiger partial charge is 0.203 e. The van der Waals surface area contributed by atoms with Gasteiger partial charge in [0.2, 0.25) is 5.82 Å². The van der Waals surface area contributed by atoms with E-state index in [1.54, 1.807) is 0 Å². The first-order valence-electron chi connectivity index (χ1n) is 4.29. The number of hydrogen-bond acceptors (Lipinski definition) is 0. The molecule has 0 heterocycles. The van der Waals surface area contributed by atoms with Gasteiger partial charge in [0.05, 0.1) is 5.56 Å². The SMILES string of the molecule is C=CCC=Cc1c(F)c(F)c(F)c(F)c1F. The number of halogens is 5. The molecule has 0 spiro atoms. The van der Waals surface area contributed by atoms with E-state index in [0.29, 0.717) is 0 Å². The van der Waals surface area contributed by atoms with E-state index in [4.69, 9.17) is 0 Å². The molecule has 0 unspecified atom stereocenters. The molecule has 0 fully saturated rings. The Morgan fingerprint density at radius 1 is 0.812 bits per heavy atom. The summed E-state index contributed by atoms with van der Waals surface area (Å²) in [7, 11) is 0. The molecule has 0 aliphatic rings. The average Bonchev–Trinajstić information content (AvgIpc) is 2.28. The summed E-state index contributed by atoms with van der Waals surface area (Å²) < 4.78 is 64.1. The quantitative estimate of drug-likeness (QED) is 0.321. The Bertz CT molecular complexity index is 419. The standard InChI is InChI=1S/C11H7F5/c1-2-3-4-5-6-7(12)9(14)11(16)10(15)8(6)13/h2,4-5H,1,3H2. The molecular weight excluding hydrogens is 227 g/mol. The Morgan fingerprint density at radius 3 is 1.69 bits per heavy atom. The van der Waals surface area contributed by atoms with Crippen molar-refractivity contribution in [2.24, 2.45) is 0 Å². The van der Waals surface area contributed by atoms with Gasteiger partial charge in [-0.05, 0) is 6.42 Å². The van der Waals surface area contributed by atoms with Gasteiger partial charge in [0.1, 0.15) is 0 Å². The first kappa shape index (κ1) is 12.4. The molecule has 1 aromatic carbocycles. The van der Waals surface area contributed by atoms with Crippen molar-refractivity contribution in [2.45, 2.75) is 6.42 Å². The lowest BCUT2D eigenvalue weighted by atomic mass is 10.1. The predicted molar refractivity (Wildman–Crippen MR) is 50.1 cm³/mol. The average molecular weight is 234 g/mol. The van der Waals surface area contributed by atoms with Crippen LogP contribution in [-0.2, 0) is 0 Å². The molecular formula is C11H7F5. The molecule has 86 valence electrons. The second-order valence-corrected chi connectivity index (χ2v) is 2.91. The highest BCUT2D eigenvalue weighted by Gasteiger charge is 2.23. The van der Waals surface area contributed by atoms with Gasteiger partial charge < -0.3 is 0 Å². The molecule has 0 aliphatic carbocycles. The minimum absolute atomic E-state index is 0.263. The second kappa shape index (κ2) is 4.92. The van der Waals surface area contributed by atoms with Crippen LogP contribution in [-0.4, -0.2) is 0 Å². The lowest BCUT2D eigenvalue weighted by Crippen LogP contribution is -2.03. The molecule has 0 saturated heterocycles. The van der Waals surface area contributed by atoms with E-state index in [1.165, 1.54) is 12.2 Å². The molecule has 0 nitrogen and oxygen atoms in total. The Kier molecular flexibility index (Phi) is 3.82. The highest BCUT2D eigenvalue weighted by molar-refractivity contribution is 5.51. The van der Waals surface area contributed by atoms with Crippen molar-refractivity contribution in [3.8, 4) is 0 Å². The monoisotopic (exact) mass is 234 g/mol. The number of benzene rings is 1. The lowest BCUT2D eigenvalue weighted by molar-refractivity contribution is 0.377. The van der Waals surface area contributed by atoms with Crippen LogP contribution in [0.15, 0.2) is 18.7 Å². The summed E-state index contributed by atoms with van der Waals surface area (Å²) in [6.07, 6.45) is 3.76. The topological polar surface area (TPSA) is 0 Å². The molecule has 0 atom stereocenters. The Morgan fingerprint density at radius 2 is 1.25 bits per heavy atom. The molecule has 0 N–H and O–H groups in total. The molecule has 5 heteroatoms. The van der Waals surface area contributed by atoms with Crippen molar-refractivity contribution in [1.29, 1.82) is 0 Å². The summed E-state index contributed by atoms with van der Waals surface area (Å²) in [4.78, 5) is 0. The minimum Gasteiger partial charge on any atom is -0.203 e. The maximum atomic E-state index is 13.0. The van der Waals surface area contributed by atoms with E-state index in [-0.39, 0.29) is 6.42 Å². The summed E-state index contributed by atoms with van der Waals surface area (Å²) >= 11 is 0. The highest BCUT2D eigenvalue weighted by atomic mass is 19.2. The van der Waals surface area contributed by atoms with E-state index < -0.39 is 34.6 Å². The van der Waals surface area contributed by atoms with Crippen molar-refractivity contribution in [3.05, 3.63) is 53.4 Å². The van der Waals surface area contributed by atoms with Gasteiger partial charge in [0, 0.05) is 0 Å². The number of rotatable bonds is 3. The van der Waals surface area contributed by atoms with Crippen LogP contribution in [0.5, 0.6) is 0 Å². The van der Waals surface area contributed by atoms with Crippen LogP contribution < -0.4 is 0 Å². The maximum absolute atomic E-state index is 13.0.